The summed E-state index contributed by atoms with van der Waals surface area (Å²) in [7, 11) is 4.19. The van der Waals surface area contributed by atoms with Gasteiger partial charge in [0.15, 0.2) is 11.6 Å². The number of nitrogens with zero attached hydrogens (tertiary/aromatic N) is 4. The Bertz CT molecular complexity index is 2050. The molecule has 0 spiro atoms. The Labute approximate surface area is 280 Å². The van der Waals surface area contributed by atoms with Crippen molar-refractivity contribution < 1.29 is 51.3 Å². The SMILES string of the molecule is COC(=O)N[C@@H](CC/C=C/C(=O)N(C)C)C(=O)Nc1cccn(Cc2nc3c(OCc4ccc(F)cc4F)c(F)c(F)cc3n2C(=O)O)c1=O. The Balaban J connectivity index is 1.63. The molecule has 4 rings (SSSR count). The Morgan fingerprint density at radius 2 is 1.82 bits per heavy atom. The number of fused-ring (bicyclic) bond motifs is 1. The maximum atomic E-state index is 14.9. The molecule has 0 fully saturated rings. The minimum absolute atomic E-state index is 0.00707. The van der Waals surface area contributed by atoms with Gasteiger partial charge in [-0.25, -0.2) is 32.3 Å². The van der Waals surface area contributed by atoms with Crippen LogP contribution in [0.2, 0.25) is 0 Å². The van der Waals surface area contributed by atoms with Crippen LogP contribution in [0, 0.1) is 23.3 Å². The second-order valence-electron chi connectivity index (χ2n) is 10.8. The minimum Gasteiger partial charge on any atom is -0.483 e. The van der Waals surface area contributed by atoms with Gasteiger partial charge in [0.25, 0.3) is 5.56 Å². The monoisotopic (exact) mass is 702 g/mol. The third-order valence-electron chi connectivity index (χ3n) is 7.16. The predicted molar refractivity (Wildman–Crippen MR) is 169 cm³/mol. The first-order valence-electron chi connectivity index (χ1n) is 14.6. The van der Waals surface area contributed by atoms with Crippen LogP contribution in [0.25, 0.3) is 11.0 Å². The number of ether oxygens (including phenoxy) is 2. The molecule has 3 N–H and O–H groups in total. The van der Waals surface area contributed by atoms with E-state index in [-0.39, 0.29) is 30.0 Å². The molecule has 2 aromatic heterocycles. The van der Waals surface area contributed by atoms with E-state index in [1.54, 1.807) is 14.1 Å². The topological polar surface area (TPSA) is 174 Å². The van der Waals surface area contributed by atoms with Gasteiger partial charge < -0.3 is 34.7 Å². The molecule has 14 nitrogen and oxygen atoms in total. The number of amides is 3. The lowest BCUT2D eigenvalue weighted by Gasteiger charge is -2.17. The summed E-state index contributed by atoms with van der Waals surface area (Å²) in [5.41, 5.74) is -2.28. The molecule has 1 atom stereocenters. The highest BCUT2D eigenvalue weighted by atomic mass is 19.2. The van der Waals surface area contributed by atoms with Gasteiger partial charge >= 0.3 is 12.2 Å². The number of methoxy groups -OCH3 is 1. The molecule has 264 valence electrons. The standard InChI is InChI=1S/C32H30F4N6O8/c1-40(2)25(43)9-5-4-7-21(38-31(46)49-3)29(44)37-22-8-6-12-41(30(22)45)15-24-39-27-23(42(24)32(47)48)14-20(35)26(36)28(27)50-16-17-10-11-18(33)13-19(17)34/h5-6,8-14,21H,4,7,15-16H2,1-3H3,(H,37,44)(H,38,46)(H,47,48)/b9-5+/t21-/m0/s1. The third-order valence-corrected chi connectivity index (χ3v) is 7.16. The van der Waals surface area contributed by atoms with Crippen molar-refractivity contribution in [3.63, 3.8) is 0 Å². The zero-order chi connectivity index (χ0) is 36.7. The van der Waals surface area contributed by atoms with Crippen molar-refractivity contribution >= 4 is 40.7 Å². The van der Waals surface area contributed by atoms with Gasteiger partial charge in [-0.1, -0.05) is 6.08 Å². The van der Waals surface area contributed by atoms with Crippen LogP contribution in [0.5, 0.6) is 5.75 Å². The highest BCUT2D eigenvalue weighted by Crippen LogP contribution is 2.32. The lowest BCUT2D eigenvalue weighted by molar-refractivity contribution is -0.123. The van der Waals surface area contributed by atoms with Crippen LogP contribution in [0.4, 0.5) is 32.8 Å². The fraction of sp³-hybridized carbons (Fsp3) is 0.250. The van der Waals surface area contributed by atoms with Crippen LogP contribution in [0.3, 0.4) is 0 Å². The first-order valence-corrected chi connectivity index (χ1v) is 14.6. The molecule has 0 radical (unpaired) electrons. The number of carboxylic acid groups (broad SMARTS) is 1. The highest BCUT2D eigenvalue weighted by Gasteiger charge is 2.26. The third kappa shape index (κ3) is 8.44. The molecule has 0 aliphatic carbocycles. The second-order valence-corrected chi connectivity index (χ2v) is 10.8. The number of alkyl carbamates (subject to hydrolysis) is 1. The highest BCUT2D eigenvalue weighted by molar-refractivity contribution is 5.96. The number of allylic oxidation sites excluding steroid dienone is 1. The number of hydrogen-bond donors (Lipinski definition) is 3. The summed E-state index contributed by atoms with van der Waals surface area (Å²) in [5.74, 6) is -7.35. The number of anilines is 1. The van der Waals surface area contributed by atoms with E-state index in [1.165, 1.54) is 35.4 Å². The van der Waals surface area contributed by atoms with E-state index in [0.29, 0.717) is 16.7 Å². The van der Waals surface area contributed by atoms with Crippen LogP contribution in [-0.2, 0) is 27.5 Å². The van der Waals surface area contributed by atoms with E-state index in [2.05, 4.69) is 20.4 Å². The van der Waals surface area contributed by atoms with Gasteiger partial charge in [-0.15, -0.1) is 0 Å². The molecule has 18 heteroatoms. The van der Waals surface area contributed by atoms with Crippen molar-refractivity contribution in [1.82, 2.24) is 24.3 Å². The van der Waals surface area contributed by atoms with Gasteiger partial charge in [0.05, 0.1) is 19.2 Å². The van der Waals surface area contributed by atoms with Crippen LogP contribution in [-0.4, -0.2) is 75.4 Å². The van der Waals surface area contributed by atoms with Gasteiger partial charge in [0.1, 0.15) is 41.3 Å². The molecule has 50 heavy (non-hydrogen) atoms. The molecule has 2 aromatic carbocycles. The number of imidazole rings is 1. The number of hydrogen-bond acceptors (Lipinski definition) is 8. The molecule has 0 unspecified atom stereocenters. The van der Waals surface area contributed by atoms with Crippen LogP contribution in [0.15, 0.2) is 59.5 Å². The Hall–Kier alpha value is -6.20. The average molecular weight is 703 g/mol. The van der Waals surface area contributed by atoms with Crippen LogP contribution in [0.1, 0.15) is 24.2 Å². The number of pyridine rings is 1. The van der Waals surface area contributed by atoms with Crippen molar-refractivity contribution in [1.29, 1.82) is 0 Å². The molecule has 4 aromatic rings. The number of likely N-dealkylation sites (N-methyl/N-ethyl adjacent to an activating group) is 1. The van der Waals surface area contributed by atoms with Crippen LogP contribution < -0.4 is 20.9 Å². The fourth-order valence-corrected chi connectivity index (χ4v) is 4.61. The van der Waals surface area contributed by atoms with E-state index in [9.17, 15) is 46.6 Å². The summed E-state index contributed by atoms with van der Waals surface area (Å²) in [4.78, 5) is 67.9. The molecule has 0 aliphatic heterocycles. The molecule has 0 aliphatic rings. The molecule has 0 bridgehead atoms. The zero-order valence-electron chi connectivity index (χ0n) is 26.7. The molecule has 2 heterocycles. The second kappa shape index (κ2) is 15.8. The maximum absolute atomic E-state index is 14.9. The van der Waals surface area contributed by atoms with Gasteiger partial charge in [0, 0.05) is 38.0 Å². The number of carbonyl (C=O) groups is 4. The van der Waals surface area contributed by atoms with E-state index in [4.69, 9.17) is 4.74 Å². The quantitative estimate of drug-likeness (QED) is 0.146. The van der Waals surface area contributed by atoms with Crippen LogP contribution >= 0.6 is 0 Å². The summed E-state index contributed by atoms with van der Waals surface area (Å²) in [6.45, 7) is -1.29. The number of halogens is 4. The lowest BCUT2D eigenvalue weighted by Crippen LogP contribution is -2.44. The Morgan fingerprint density at radius 1 is 1.08 bits per heavy atom. The van der Waals surface area contributed by atoms with Crippen molar-refractivity contribution in [2.45, 2.75) is 32.0 Å². The first-order chi connectivity index (χ1) is 23.7. The average Bonchev–Trinajstić information content (AvgIpc) is 3.42. The molecular formula is C32H30F4N6O8. The zero-order valence-corrected chi connectivity index (χ0v) is 26.7. The number of rotatable bonds is 12. The van der Waals surface area contributed by atoms with Gasteiger partial charge in [-0.05, 0) is 43.2 Å². The first kappa shape index (κ1) is 36.6. The summed E-state index contributed by atoms with van der Waals surface area (Å²) < 4.78 is 68.4. The van der Waals surface area contributed by atoms with Gasteiger partial charge in [-0.3, -0.25) is 14.4 Å². The van der Waals surface area contributed by atoms with Crippen molar-refractivity contribution in [3.8, 4) is 5.75 Å². The van der Waals surface area contributed by atoms with Gasteiger partial charge in [-0.2, -0.15) is 4.39 Å². The number of benzene rings is 2. The van der Waals surface area contributed by atoms with Crippen molar-refractivity contribution in [2.75, 3.05) is 26.5 Å². The summed E-state index contributed by atoms with van der Waals surface area (Å²) in [6, 6.07) is 4.44. The summed E-state index contributed by atoms with van der Waals surface area (Å²) in [5, 5.41) is 14.7. The number of aromatic nitrogens is 3. The number of carbonyl (C=O) groups excluding carboxylic acids is 3. The molecule has 3 amide bonds. The lowest BCUT2D eigenvalue weighted by atomic mass is 10.1. The molecular weight excluding hydrogens is 672 g/mol. The number of nitrogens with one attached hydrogen (secondary N) is 2. The van der Waals surface area contributed by atoms with E-state index in [1.807, 2.05) is 0 Å². The fourth-order valence-electron chi connectivity index (χ4n) is 4.61. The summed E-state index contributed by atoms with van der Waals surface area (Å²) in [6.07, 6.45) is 1.59. The van der Waals surface area contributed by atoms with Crippen molar-refractivity contribution in [2.24, 2.45) is 0 Å². The smallest absolute Gasteiger partial charge is 0.417 e. The van der Waals surface area contributed by atoms with Crippen molar-refractivity contribution in [3.05, 3.63) is 99.8 Å². The molecule has 0 saturated heterocycles. The minimum atomic E-state index is -1.68. The van der Waals surface area contributed by atoms with Gasteiger partial charge in [0.2, 0.25) is 17.6 Å². The molecule has 0 saturated carbocycles. The van der Waals surface area contributed by atoms with E-state index in [0.717, 1.165) is 23.8 Å². The Kier molecular flexibility index (Phi) is 11.6. The maximum Gasteiger partial charge on any atom is 0.417 e. The van der Waals surface area contributed by atoms with E-state index < -0.39 is 88.7 Å². The summed E-state index contributed by atoms with van der Waals surface area (Å²) >= 11 is 0. The predicted octanol–water partition coefficient (Wildman–Crippen LogP) is 4.00. The largest absolute Gasteiger partial charge is 0.483 e. The Morgan fingerprint density at radius 3 is 2.48 bits per heavy atom. The normalized spacial score (nSPS) is 11.7. The van der Waals surface area contributed by atoms with E-state index >= 15 is 0 Å².